The highest BCUT2D eigenvalue weighted by molar-refractivity contribution is 7.91. The van der Waals surface area contributed by atoms with E-state index < -0.39 is 22.0 Å². The number of hydrogen-bond donors (Lipinski definition) is 1. The molecule has 1 aromatic heterocycles. The average Bonchev–Trinajstić information content (AvgIpc) is 3.25. The number of likely N-dealkylation sites (tertiary alicyclic amines) is 1. The molecule has 3 heterocycles. The van der Waals surface area contributed by atoms with E-state index >= 15 is 0 Å². The van der Waals surface area contributed by atoms with Gasteiger partial charge < -0.3 is 10.0 Å². The van der Waals surface area contributed by atoms with Gasteiger partial charge >= 0.3 is 5.97 Å². The zero-order chi connectivity index (χ0) is 18.0. The van der Waals surface area contributed by atoms with E-state index in [0.29, 0.717) is 37.4 Å². The highest BCUT2D eigenvalue weighted by atomic mass is 32.2. The molecule has 1 amide bonds. The van der Waals surface area contributed by atoms with Crippen molar-refractivity contribution in [3.05, 3.63) is 17.0 Å². The zero-order valence-corrected chi connectivity index (χ0v) is 15.5. The van der Waals surface area contributed by atoms with Gasteiger partial charge in [0.2, 0.25) is 5.91 Å². The van der Waals surface area contributed by atoms with Gasteiger partial charge in [-0.3, -0.25) is 4.79 Å². The van der Waals surface area contributed by atoms with Crippen LogP contribution in [0.4, 0.5) is 0 Å². The van der Waals surface area contributed by atoms with Crippen LogP contribution in [-0.2, 0) is 26.0 Å². The number of aliphatic carboxylic acids is 1. The predicted molar refractivity (Wildman–Crippen MR) is 93.0 cm³/mol. The molecule has 0 aliphatic carbocycles. The van der Waals surface area contributed by atoms with Crippen LogP contribution in [0, 0.1) is 0 Å². The highest BCUT2D eigenvalue weighted by Gasteiger charge is 2.34. The van der Waals surface area contributed by atoms with Crippen molar-refractivity contribution < 1.29 is 23.1 Å². The molecule has 1 atom stereocenters. The Morgan fingerprint density at radius 2 is 1.84 bits per heavy atom. The molecule has 0 saturated carbocycles. The molecule has 2 aliphatic heterocycles. The Labute approximate surface area is 151 Å². The Morgan fingerprint density at radius 1 is 1.12 bits per heavy atom. The summed E-state index contributed by atoms with van der Waals surface area (Å²) in [7, 11) is -3.49. The first-order valence-corrected chi connectivity index (χ1v) is 10.8. The number of nitrogens with zero attached hydrogens (tertiary/aromatic N) is 2. The number of carboxylic acid groups (broad SMARTS) is 1. The summed E-state index contributed by atoms with van der Waals surface area (Å²) >= 11 is 1.11. The van der Waals surface area contributed by atoms with Gasteiger partial charge in [-0.25, -0.2) is 13.2 Å². The van der Waals surface area contributed by atoms with E-state index in [4.69, 9.17) is 0 Å². The molecule has 138 valence electrons. The van der Waals surface area contributed by atoms with Crippen LogP contribution in [0.25, 0.3) is 0 Å². The fraction of sp³-hybridized carbons (Fsp3) is 0.625. The van der Waals surface area contributed by atoms with Crippen LogP contribution in [0.15, 0.2) is 16.3 Å². The number of hydrogen-bond acceptors (Lipinski definition) is 5. The van der Waals surface area contributed by atoms with E-state index in [2.05, 4.69) is 0 Å². The number of thiophene rings is 1. The third kappa shape index (κ3) is 3.88. The number of carbonyl (C=O) groups excluding carboxylic acids is 1. The van der Waals surface area contributed by atoms with Gasteiger partial charge in [0.25, 0.3) is 10.0 Å². The van der Waals surface area contributed by atoms with Gasteiger partial charge in [-0.2, -0.15) is 4.31 Å². The highest BCUT2D eigenvalue weighted by Crippen LogP contribution is 2.28. The Bertz CT molecular complexity index is 752. The van der Waals surface area contributed by atoms with Crippen LogP contribution in [0.1, 0.15) is 37.0 Å². The number of piperidine rings is 1. The summed E-state index contributed by atoms with van der Waals surface area (Å²) in [5.74, 6) is -1.24. The van der Waals surface area contributed by atoms with Crippen molar-refractivity contribution >= 4 is 33.2 Å². The minimum atomic E-state index is -3.49. The quantitative estimate of drug-likeness (QED) is 0.828. The Morgan fingerprint density at radius 3 is 2.52 bits per heavy atom. The maximum absolute atomic E-state index is 12.6. The fourth-order valence-corrected chi connectivity index (χ4v) is 6.42. The lowest BCUT2D eigenvalue weighted by molar-refractivity contribution is -0.147. The maximum atomic E-state index is 12.6. The summed E-state index contributed by atoms with van der Waals surface area (Å²) < 4.78 is 27.1. The molecule has 1 aromatic rings. The standard InChI is InChI=1S/C16H22N2O5S2/c19-14(18-10-4-5-13(18)16(20)21)11-12-6-7-15(24-12)25(22,23)17-8-2-1-3-9-17/h6-7,13H,1-5,8-11H2,(H,20,21). The minimum absolute atomic E-state index is 0.0456. The molecule has 0 aromatic carbocycles. The van der Waals surface area contributed by atoms with Gasteiger partial charge in [-0.1, -0.05) is 6.42 Å². The van der Waals surface area contributed by atoms with Crippen molar-refractivity contribution in [1.82, 2.24) is 9.21 Å². The normalized spacial score (nSPS) is 22.2. The molecule has 1 unspecified atom stereocenters. The first kappa shape index (κ1) is 18.3. The lowest BCUT2D eigenvalue weighted by Crippen LogP contribution is -2.41. The molecular weight excluding hydrogens is 364 g/mol. The van der Waals surface area contributed by atoms with Gasteiger partial charge in [0.1, 0.15) is 10.3 Å². The third-order valence-corrected chi connectivity index (χ3v) is 8.18. The predicted octanol–water partition coefficient (Wildman–Crippen LogP) is 1.54. The largest absolute Gasteiger partial charge is 0.480 e. The lowest BCUT2D eigenvalue weighted by atomic mass is 10.2. The third-order valence-electron chi connectivity index (χ3n) is 4.73. The Hall–Kier alpha value is -1.45. The first-order valence-electron chi connectivity index (χ1n) is 8.51. The SMILES string of the molecule is O=C(O)C1CCCN1C(=O)Cc1ccc(S(=O)(=O)N2CCCCC2)s1. The number of carboxylic acids is 1. The summed E-state index contributed by atoms with van der Waals surface area (Å²) in [4.78, 5) is 25.6. The molecule has 7 nitrogen and oxygen atoms in total. The van der Waals surface area contributed by atoms with E-state index in [1.807, 2.05) is 0 Å². The second kappa shape index (κ2) is 7.43. The van der Waals surface area contributed by atoms with Gasteiger partial charge in [-0.15, -0.1) is 11.3 Å². The Balaban J connectivity index is 1.69. The molecule has 0 bridgehead atoms. The average molecular weight is 386 g/mol. The summed E-state index contributed by atoms with van der Waals surface area (Å²) in [6.45, 7) is 1.53. The summed E-state index contributed by atoms with van der Waals surface area (Å²) in [6.07, 6.45) is 4.01. The topological polar surface area (TPSA) is 95.0 Å². The van der Waals surface area contributed by atoms with E-state index in [1.165, 1.54) is 9.21 Å². The van der Waals surface area contributed by atoms with Crippen molar-refractivity contribution in [2.75, 3.05) is 19.6 Å². The lowest BCUT2D eigenvalue weighted by Gasteiger charge is -2.25. The number of rotatable bonds is 5. The second-order valence-electron chi connectivity index (χ2n) is 6.45. The molecule has 9 heteroatoms. The fourth-order valence-electron chi connectivity index (χ4n) is 3.40. The molecule has 2 aliphatic rings. The van der Waals surface area contributed by atoms with Crippen LogP contribution in [0.5, 0.6) is 0 Å². The summed E-state index contributed by atoms with van der Waals surface area (Å²) in [5, 5.41) is 9.18. The second-order valence-corrected chi connectivity index (χ2v) is 9.78. The molecule has 0 radical (unpaired) electrons. The van der Waals surface area contributed by atoms with Crippen molar-refractivity contribution in [2.45, 2.75) is 48.8 Å². The van der Waals surface area contributed by atoms with Crippen LogP contribution in [-0.4, -0.2) is 60.3 Å². The van der Waals surface area contributed by atoms with Crippen molar-refractivity contribution in [3.8, 4) is 0 Å². The number of carbonyl (C=O) groups is 2. The van der Waals surface area contributed by atoms with Crippen molar-refractivity contribution in [3.63, 3.8) is 0 Å². The van der Waals surface area contributed by atoms with Crippen LogP contribution < -0.4 is 0 Å². The molecule has 1 N–H and O–H groups in total. The van der Waals surface area contributed by atoms with Crippen LogP contribution >= 0.6 is 11.3 Å². The van der Waals surface area contributed by atoms with Gasteiger partial charge in [0.05, 0.1) is 6.42 Å². The van der Waals surface area contributed by atoms with Crippen LogP contribution in [0.3, 0.4) is 0 Å². The molecule has 2 saturated heterocycles. The monoisotopic (exact) mass is 386 g/mol. The molecule has 25 heavy (non-hydrogen) atoms. The molecule has 3 rings (SSSR count). The number of sulfonamides is 1. The van der Waals surface area contributed by atoms with Crippen LogP contribution in [0.2, 0.25) is 0 Å². The van der Waals surface area contributed by atoms with Crippen molar-refractivity contribution in [1.29, 1.82) is 0 Å². The molecule has 0 spiro atoms. The molecule has 2 fully saturated rings. The summed E-state index contributed by atoms with van der Waals surface area (Å²) in [5.41, 5.74) is 0. The van der Waals surface area contributed by atoms with E-state index in [9.17, 15) is 23.1 Å². The Kier molecular flexibility index (Phi) is 5.45. The molecular formula is C16H22N2O5S2. The number of amides is 1. The maximum Gasteiger partial charge on any atom is 0.326 e. The van der Waals surface area contributed by atoms with E-state index in [-0.39, 0.29) is 16.5 Å². The van der Waals surface area contributed by atoms with Gasteiger partial charge in [0, 0.05) is 24.5 Å². The zero-order valence-electron chi connectivity index (χ0n) is 13.9. The smallest absolute Gasteiger partial charge is 0.326 e. The summed E-state index contributed by atoms with van der Waals surface area (Å²) in [6, 6.07) is 2.45. The van der Waals surface area contributed by atoms with E-state index in [0.717, 1.165) is 30.6 Å². The van der Waals surface area contributed by atoms with Crippen molar-refractivity contribution in [2.24, 2.45) is 0 Å². The first-order chi connectivity index (χ1) is 11.9. The van der Waals surface area contributed by atoms with Gasteiger partial charge in [0.15, 0.2) is 0 Å². The van der Waals surface area contributed by atoms with E-state index in [1.54, 1.807) is 12.1 Å². The van der Waals surface area contributed by atoms with Gasteiger partial charge in [-0.05, 0) is 37.8 Å². The minimum Gasteiger partial charge on any atom is -0.480 e.